The van der Waals surface area contributed by atoms with E-state index in [2.05, 4.69) is 5.32 Å². The summed E-state index contributed by atoms with van der Waals surface area (Å²) in [7, 11) is 0. The van der Waals surface area contributed by atoms with Crippen molar-refractivity contribution in [2.75, 3.05) is 13.1 Å². The monoisotopic (exact) mass is 289 g/mol. The van der Waals surface area contributed by atoms with Crippen LogP contribution in [0.4, 0.5) is 0 Å². The number of nitrogens with two attached hydrogens (primary N) is 1. The normalized spacial score (nSPS) is 18.6. The maximum absolute atomic E-state index is 12.5. The van der Waals surface area contributed by atoms with E-state index in [0.717, 1.165) is 6.42 Å². The van der Waals surface area contributed by atoms with Crippen LogP contribution in [0.15, 0.2) is 30.3 Å². The highest BCUT2D eigenvalue weighted by atomic mass is 16.2. The van der Waals surface area contributed by atoms with Gasteiger partial charge in [0.2, 0.25) is 5.91 Å². The maximum Gasteiger partial charge on any atom is 0.254 e. The number of benzene rings is 1. The van der Waals surface area contributed by atoms with E-state index in [0.29, 0.717) is 25.1 Å². The average Bonchev–Trinajstić information content (AvgIpc) is 2.93. The van der Waals surface area contributed by atoms with E-state index in [1.54, 1.807) is 17.0 Å². The van der Waals surface area contributed by atoms with Crippen LogP contribution in [0, 0.1) is 0 Å². The molecule has 2 amide bonds. The molecule has 0 aliphatic carbocycles. The Kier molecular flexibility index (Phi) is 4.63. The van der Waals surface area contributed by atoms with Crippen molar-refractivity contribution in [3.63, 3.8) is 0 Å². The molecule has 1 fully saturated rings. The van der Waals surface area contributed by atoms with Crippen molar-refractivity contribution in [2.24, 2.45) is 5.73 Å². The number of hydrogen-bond acceptors (Lipinski definition) is 3. The third-order valence-corrected chi connectivity index (χ3v) is 3.56. The molecule has 2 rings (SSSR count). The highest BCUT2D eigenvalue weighted by Crippen LogP contribution is 2.20. The fraction of sp³-hybridized carbons (Fsp3) is 0.500. The number of nitrogens with one attached hydrogen (secondary N) is 1. The van der Waals surface area contributed by atoms with Crippen molar-refractivity contribution >= 4 is 11.8 Å². The first-order chi connectivity index (χ1) is 9.88. The zero-order valence-electron chi connectivity index (χ0n) is 12.6. The van der Waals surface area contributed by atoms with Gasteiger partial charge in [-0.15, -0.1) is 0 Å². The molecule has 1 aromatic carbocycles. The fourth-order valence-corrected chi connectivity index (χ4v) is 2.46. The molecule has 3 N–H and O–H groups in total. The molecule has 1 aromatic rings. The van der Waals surface area contributed by atoms with Crippen molar-refractivity contribution in [3.8, 4) is 0 Å². The SMILES string of the molecule is CC(C)(N)CNC(=O)[C@@H]1CCCN1C(=O)c1ccccc1. The van der Waals surface area contributed by atoms with Crippen LogP contribution in [-0.4, -0.2) is 41.4 Å². The van der Waals surface area contributed by atoms with E-state index < -0.39 is 5.54 Å². The molecule has 1 atom stereocenters. The predicted octanol–water partition coefficient (Wildman–Crippen LogP) is 1.14. The van der Waals surface area contributed by atoms with Crippen LogP contribution in [0.3, 0.4) is 0 Å². The highest BCUT2D eigenvalue weighted by Gasteiger charge is 2.34. The van der Waals surface area contributed by atoms with Gasteiger partial charge in [0.25, 0.3) is 5.91 Å². The molecule has 0 spiro atoms. The van der Waals surface area contributed by atoms with Gasteiger partial charge in [-0.2, -0.15) is 0 Å². The van der Waals surface area contributed by atoms with Crippen molar-refractivity contribution in [2.45, 2.75) is 38.3 Å². The lowest BCUT2D eigenvalue weighted by Crippen LogP contribution is -2.51. The van der Waals surface area contributed by atoms with Crippen LogP contribution < -0.4 is 11.1 Å². The summed E-state index contributed by atoms with van der Waals surface area (Å²) in [5.41, 5.74) is 6.04. The quantitative estimate of drug-likeness (QED) is 0.873. The Hall–Kier alpha value is -1.88. The van der Waals surface area contributed by atoms with E-state index in [9.17, 15) is 9.59 Å². The van der Waals surface area contributed by atoms with E-state index in [4.69, 9.17) is 5.73 Å². The van der Waals surface area contributed by atoms with Crippen molar-refractivity contribution < 1.29 is 9.59 Å². The third kappa shape index (κ3) is 4.04. The summed E-state index contributed by atoms with van der Waals surface area (Å²) in [5.74, 6) is -0.199. The number of rotatable bonds is 4. The van der Waals surface area contributed by atoms with Crippen LogP contribution in [0.25, 0.3) is 0 Å². The summed E-state index contributed by atoms with van der Waals surface area (Å²) in [5, 5.41) is 2.84. The van der Waals surface area contributed by atoms with E-state index in [1.165, 1.54) is 0 Å². The Morgan fingerprint density at radius 2 is 2.00 bits per heavy atom. The summed E-state index contributed by atoms with van der Waals surface area (Å²) in [4.78, 5) is 26.4. The molecule has 5 heteroatoms. The topological polar surface area (TPSA) is 75.4 Å². The van der Waals surface area contributed by atoms with Gasteiger partial charge in [-0.1, -0.05) is 18.2 Å². The second-order valence-corrected chi connectivity index (χ2v) is 6.23. The number of nitrogens with zero attached hydrogens (tertiary/aromatic N) is 1. The summed E-state index contributed by atoms with van der Waals surface area (Å²) in [6, 6.07) is 8.69. The molecular weight excluding hydrogens is 266 g/mol. The molecule has 0 unspecified atom stereocenters. The first-order valence-corrected chi connectivity index (χ1v) is 7.31. The molecule has 1 aliphatic rings. The molecule has 0 saturated carbocycles. The molecule has 0 aromatic heterocycles. The Morgan fingerprint density at radius 3 is 2.62 bits per heavy atom. The van der Waals surface area contributed by atoms with Crippen molar-refractivity contribution in [3.05, 3.63) is 35.9 Å². The lowest BCUT2D eigenvalue weighted by Gasteiger charge is -2.26. The number of likely N-dealkylation sites (tertiary alicyclic amines) is 1. The molecule has 1 aliphatic heterocycles. The van der Waals surface area contributed by atoms with Crippen LogP contribution in [0.1, 0.15) is 37.0 Å². The summed E-state index contributed by atoms with van der Waals surface area (Å²) in [6.07, 6.45) is 1.55. The minimum absolute atomic E-state index is 0.0831. The van der Waals surface area contributed by atoms with Crippen LogP contribution in [0.2, 0.25) is 0 Å². The standard InChI is InChI=1S/C16H23N3O2/c1-16(2,17)11-18-14(20)13-9-6-10-19(13)15(21)12-7-4-3-5-8-12/h3-5,7-8,13H,6,9-11,17H2,1-2H3,(H,18,20)/t13-/m0/s1. The second kappa shape index (κ2) is 6.26. The predicted molar refractivity (Wildman–Crippen MR) is 81.8 cm³/mol. The van der Waals surface area contributed by atoms with Gasteiger partial charge in [-0.3, -0.25) is 9.59 Å². The minimum atomic E-state index is -0.456. The molecule has 0 bridgehead atoms. The first-order valence-electron chi connectivity index (χ1n) is 7.31. The van der Waals surface area contributed by atoms with Gasteiger partial charge in [0, 0.05) is 24.2 Å². The van der Waals surface area contributed by atoms with Gasteiger partial charge in [-0.25, -0.2) is 0 Å². The number of carbonyl (C=O) groups excluding carboxylic acids is 2. The van der Waals surface area contributed by atoms with Gasteiger partial charge >= 0.3 is 0 Å². The maximum atomic E-state index is 12.5. The molecule has 1 saturated heterocycles. The van der Waals surface area contributed by atoms with Crippen molar-refractivity contribution in [1.82, 2.24) is 10.2 Å². The van der Waals surface area contributed by atoms with Gasteiger partial charge in [0.15, 0.2) is 0 Å². The summed E-state index contributed by atoms with van der Waals surface area (Å²) >= 11 is 0. The van der Waals surface area contributed by atoms with Gasteiger partial charge < -0.3 is 16.0 Å². The number of hydrogen-bond donors (Lipinski definition) is 2. The van der Waals surface area contributed by atoms with E-state index in [-0.39, 0.29) is 17.9 Å². The minimum Gasteiger partial charge on any atom is -0.352 e. The largest absolute Gasteiger partial charge is 0.352 e. The van der Waals surface area contributed by atoms with Crippen LogP contribution in [-0.2, 0) is 4.79 Å². The van der Waals surface area contributed by atoms with E-state index in [1.807, 2.05) is 32.0 Å². The molecule has 1 heterocycles. The Bertz CT molecular complexity index is 508. The molecule has 114 valence electrons. The van der Waals surface area contributed by atoms with Crippen LogP contribution in [0.5, 0.6) is 0 Å². The lowest BCUT2D eigenvalue weighted by atomic mass is 10.1. The zero-order valence-corrected chi connectivity index (χ0v) is 12.6. The van der Waals surface area contributed by atoms with Crippen molar-refractivity contribution in [1.29, 1.82) is 0 Å². The summed E-state index contributed by atoms with van der Waals surface area (Å²) < 4.78 is 0. The molecule has 0 radical (unpaired) electrons. The smallest absolute Gasteiger partial charge is 0.254 e. The van der Waals surface area contributed by atoms with Gasteiger partial charge in [0.05, 0.1) is 0 Å². The Balaban J connectivity index is 2.03. The third-order valence-electron chi connectivity index (χ3n) is 3.56. The number of carbonyl (C=O) groups is 2. The second-order valence-electron chi connectivity index (χ2n) is 6.23. The first kappa shape index (κ1) is 15.5. The zero-order chi connectivity index (χ0) is 15.5. The number of amides is 2. The van der Waals surface area contributed by atoms with Gasteiger partial charge in [0.1, 0.15) is 6.04 Å². The van der Waals surface area contributed by atoms with Gasteiger partial charge in [-0.05, 0) is 38.8 Å². The lowest BCUT2D eigenvalue weighted by molar-refractivity contribution is -0.125. The Morgan fingerprint density at radius 1 is 1.33 bits per heavy atom. The summed E-state index contributed by atoms with van der Waals surface area (Å²) in [6.45, 7) is 4.73. The fourth-order valence-electron chi connectivity index (χ4n) is 2.46. The van der Waals surface area contributed by atoms with Crippen LogP contribution >= 0.6 is 0 Å². The molecule has 5 nitrogen and oxygen atoms in total. The Labute approximate surface area is 125 Å². The molecular formula is C16H23N3O2. The highest BCUT2D eigenvalue weighted by molar-refractivity contribution is 5.97. The molecule has 21 heavy (non-hydrogen) atoms. The van der Waals surface area contributed by atoms with E-state index >= 15 is 0 Å². The average molecular weight is 289 g/mol.